The minimum absolute atomic E-state index is 0.177. The van der Waals surface area contributed by atoms with E-state index >= 15 is 0 Å². The number of rotatable bonds is 5. The molecule has 1 rings (SSSR count). The van der Waals surface area contributed by atoms with Gasteiger partial charge in [-0.05, 0) is 30.5 Å². The van der Waals surface area contributed by atoms with Crippen molar-refractivity contribution in [2.75, 3.05) is 6.54 Å². The Kier molecular flexibility index (Phi) is 5.20. The zero-order valence-electron chi connectivity index (χ0n) is 11.0. The van der Waals surface area contributed by atoms with Crippen LogP contribution in [0, 0.1) is 5.92 Å². The van der Waals surface area contributed by atoms with Crippen LogP contribution in [0.1, 0.15) is 31.9 Å². The molecular weight excluding hydrogens is 239 g/mol. The van der Waals surface area contributed by atoms with Crippen LogP contribution >= 0.6 is 0 Å². The summed E-state index contributed by atoms with van der Waals surface area (Å²) in [6.07, 6.45) is -3.82. The van der Waals surface area contributed by atoms with E-state index in [0.717, 1.165) is 12.6 Å². The molecule has 0 aliphatic rings. The Morgan fingerprint density at radius 1 is 1.11 bits per heavy atom. The number of benzene rings is 1. The molecule has 0 spiro atoms. The normalized spacial score (nSPS) is 13.9. The van der Waals surface area contributed by atoms with Gasteiger partial charge in [0.05, 0.1) is 5.56 Å². The fourth-order valence-electron chi connectivity index (χ4n) is 1.86. The fraction of sp³-hybridized carbons (Fsp3) is 0.571. The number of hydrogen-bond acceptors (Lipinski definition) is 1. The van der Waals surface area contributed by atoms with Crippen LogP contribution in [0.3, 0.4) is 0 Å². The molecule has 0 bridgehead atoms. The van der Waals surface area contributed by atoms with Crippen LogP contribution in [-0.4, -0.2) is 12.6 Å². The van der Waals surface area contributed by atoms with Crippen LogP contribution < -0.4 is 5.32 Å². The van der Waals surface area contributed by atoms with Gasteiger partial charge in [0, 0.05) is 6.04 Å². The maximum Gasteiger partial charge on any atom is 0.416 e. The van der Waals surface area contributed by atoms with Crippen LogP contribution in [0.25, 0.3) is 0 Å². The van der Waals surface area contributed by atoms with E-state index in [0.29, 0.717) is 18.0 Å². The van der Waals surface area contributed by atoms with Gasteiger partial charge < -0.3 is 5.32 Å². The Morgan fingerprint density at radius 2 is 1.72 bits per heavy atom. The van der Waals surface area contributed by atoms with Crippen molar-refractivity contribution in [2.45, 2.75) is 39.4 Å². The van der Waals surface area contributed by atoms with Gasteiger partial charge in [0.25, 0.3) is 0 Å². The molecule has 0 aromatic heterocycles. The first-order chi connectivity index (χ1) is 8.30. The molecule has 1 aromatic rings. The van der Waals surface area contributed by atoms with Gasteiger partial charge in [-0.3, -0.25) is 0 Å². The van der Waals surface area contributed by atoms with E-state index in [2.05, 4.69) is 5.32 Å². The fourth-order valence-corrected chi connectivity index (χ4v) is 1.86. The lowest BCUT2D eigenvalue weighted by atomic mass is 9.96. The summed E-state index contributed by atoms with van der Waals surface area (Å²) in [5, 5.41) is 3.24. The highest BCUT2D eigenvalue weighted by molar-refractivity contribution is 5.30. The highest BCUT2D eigenvalue weighted by Crippen LogP contribution is 2.32. The van der Waals surface area contributed by atoms with E-state index in [1.807, 2.05) is 20.8 Å². The molecule has 18 heavy (non-hydrogen) atoms. The molecule has 0 saturated carbocycles. The zero-order chi connectivity index (χ0) is 13.8. The molecule has 0 saturated heterocycles. The average Bonchev–Trinajstić information content (AvgIpc) is 2.25. The maximum absolute atomic E-state index is 12.8. The summed E-state index contributed by atoms with van der Waals surface area (Å²) in [7, 11) is 0. The number of nitrogens with one attached hydrogen (secondary N) is 1. The van der Waals surface area contributed by atoms with Gasteiger partial charge in [-0.15, -0.1) is 0 Å². The monoisotopic (exact) mass is 259 g/mol. The molecule has 0 radical (unpaired) electrons. The van der Waals surface area contributed by atoms with Crippen molar-refractivity contribution >= 4 is 0 Å². The smallest absolute Gasteiger partial charge is 0.314 e. The molecule has 1 atom stereocenters. The first-order valence-corrected chi connectivity index (χ1v) is 6.19. The first-order valence-electron chi connectivity index (χ1n) is 6.19. The second-order valence-corrected chi connectivity index (χ2v) is 5.03. The van der Waals surface area contributed by atoms with Gasteiger partial charge in [0.2, 0.25) is 0 Å². The number of halogens is 3. The molecule has 1 aromatic carbocycles. The standard InChI is InChI=1S/C14H20F3N/c1-10(2)18-9-11(3)8-12-6-4-5-7-13(12)14(15,16)17/h4-7,10-11,18H,8-9H2,1-3H3. The second-order valence-electron chi connectivity index (χ2n) is 5.03. The van der Waals surface area contributed by atoms with Crippen molar-refractivity contribution in [1.82, 2.24) is 5.32 Å². The predicted molar refractivity (Wildman–Crippen MR) is 67.5 cm³/mol. The van der Waals surface area contributed by atoms with Crippen LogP contribution in [0.15, 0.2) is 24.3 Å². The highest BCUT2D eigenvalue weighted by Gasteiger charge is 2.32. The molecule has 0 aliphatic heterocycles. The van der Waals surface area contributed by atoms with Crippen molar-refractivity contribution in [3.8, 4) is 0 Å². The minimum Gasteiger partial charge on any atom is -0.314 e. The maximum atomic E-state index is 12.8. The van der Waals surface area contributed by atoms with Crippen LogP contribution in [0.4, 0.5) is 13.2 Å². The van der Waals surface area contributed by atoms with Crippen molar-refractivity contribution in [1.29, 1.82) is 0 Å². The van der Waals surface area contributed by atoms with E-state index in [-0.39, 0.29) is 5.92 Å². The Balaban J connectivity index is 2.72. The third kappa shape index (κ3) is 4.69. The zero-order valence-corrected chi connectivity index (χ0v) is 11.0. The Morgan fingerprint density at radius 3 is 2.28 bits per heavy atom. The molecule has 1 N–H and O–H groups in total. The van der Waals surface area contributed by atoms with Crippen LogP contribution in [0.2, 0.25) is 0 Å². The third-order valence-corrected chi connectivity index (χ3v) is 2.77. The summed E-state index contributed by atoms with van der Waals surface area (Å²) < 4.78 is 38.4. The second kappa shape index (κ2) is 6.23. The SMILES string of the molecule is CC(CNC(C)C)Cc1ccccc1C(F)(F)F. The summed E-state index contributed by atoms with van der Waals surface area (Å²) in [5.74, 6) is 0.177. The molecule has 0 heterocycles. The number of hydrogen-bond donors (Lipinski definition) is 1. The topological polar surface area (TPSA) is 12.0 Å². The van der Waals surface area contributed by atoms with Gasteiger partial charge in [0.15, 0.2) is 0 Å². The molecule has 0 amide bonds. The van der Waals surface area contributed by atoms with Gasteiger partial charge in [0.1, 0.15) is 0 Å². The van der Waals surface area contributed by atoms with Gasteiger partial charge >= 0.3 is 6.18 Å². The lowest BCUT2D eigenvalue weighted by molar-refractivity contribution is -0.138. The molecule has 0 fully saturated rings. The molecular formula is C14H20F3N. The van der Waals surface area contributed by atoms with Crippen LogP contribution in [0.5, 0.6) is 0 Å². The van der Waals surface area contributed by atoms with Gasteiger partial charge in [-0.2, -0.15) is 13.2 Å². The highest BCUT2D eigenvalue weighted by atomic mass is 19.4. The molecule has 102 valence electrons. The van der Waals surface area contributed by atoms with E-state index in [1.165, 1.54) is 6.07 Å². The van der Waals surface area contributed by atoms with Crippen molar-refractivity contribution in [3.05, 3.63) is 35.4 Å². The summed E-state index contributed by atoms with van der Waals surface area (Å²) in [6, 6.07) is 6.16. The summed E-state index contributed by atoms with van der Waals surface area (Å²) >= 11 is 0. The lowest BCUT2D eigenvalue weighted by Gasteiger charge is -2.18. The van der Waals surface area contributed by atoms with E-state index < -0.39 is 11.7 Å². The average molecular weight is 259 g/mol. The first kappa shape index (κ1) is 15.0. The van der Waals surface area contributed by atoms with E-state index in [4.69, 9.17) is 0 Å². The Labute approximate surface area is 106 Å². The Hall–Kier alpha value is -1.03. The lowest BCUT2D eigenvalue weighted by Crippen LogP contribution is -2.29. The molecule has 0 aliphatic carbocycles. The van der Waals surface area contributed by atoms with Crippen LogP contribution in [-0.2, 0) is 12.6 Å². The molecule has 1 nitrogen and oxygen atoms in total. The predicted octanol–water partition coefficient (Wildman–Crippen LogP) is 3.88. The molecule has 4 heteroatoms. The minimum atomic E-state index is -4.26. The van der Waals surface area contributed by atoms with Crippen molar-refractivity contribution < 1.29 is 13.2 Å². The van der Waals surface area contributed by atoms with E-state index in [1.54, 1.807) is 12.1 Å². The summed E-state index contributed by atoms with van der Waals surface area (Å²) in [5.41, 5.74) is -0.135. The summed E-state index contributed by atoms with van der Waals surface area (Å²) in [6.45, 7) is 6.74. The van der Waals surface area contributed by atoms with Gasteiger partial charge in [-0.25, -0.2) is 0 Å². The quantitative estimate of drug-likeness (QED) is 0.846. The van der Waals surface area contributed by atoms with Crippen molar-refractivity contribution in [2.24, 2.45) is 5.92 Å². The van der Waals surface area contributed by atoms with Gasteiger partial charge in [-0.1, -0.05) is 39.0 Å². The van der Waals surface area contributed by atoms with Crippen molar-refractivity contribution in [3.63, 3.8) is 0 Å². The largest absolute Gasteiger partial charge is 0.416 e. The summed E-state index contributed by atoms with van der Waals surface area (Å²) in [4.78, 5) is 0. The number of alkyl halides is 3. The Bertz CT molecular complexity index is 372. The van der Waals surface area contributed by atoms with E-state index in [9.17, 15) is 13.2 Å². The molecule has 1 unspecified atom stereocenters. The third-order valence-electron chi connectivity index (χ3n) is 2.77.